The van der Waals surface area contributed by atoms with Crippen LogP contribution in [0.1, 0.15) is 83.8 Å². The van der Waals surface area contributed by atoms with Crippen LogP contribution in [0.15, 0.2) is 120 Å². The molecule has 4 aromatic carbocycles. The van der Waals surface area contributed by atoms with Crippen LogP contribution in [0.25, 0.3) is 21.5 Å². The van der Waals surface area contributed by atoms with Crippen molar-refractivity contribution < 1.29 is 30.5 Å². The summed E-state index contributed by atoms with van der Waals surface area (Å²) in [6, 6.07) is 25.8. The lowest BCUT2D eigenvalue weighted by molar-refractivity contribution is -0.538. The highest BCUT2D eigenvalue weighted by Crippen LogP contribution is 2.52. The van der Waals surface area contributed by atoms with Crippen molar-refractivity contribution in [3.05, 3.63) is 131 Å². The molecule has 8 rings (SSSR count). The molecule has 3 heterocycles. The Morgan fingerprint density at radius 2 is 1.03 bits per heavy atom. The highest BCUT2D eigenvalue weighted by molar-refractivity contribution is 7.86. The number of piperazine rings is 1. The van der Waals surface area contributed by atoms with E-state index in [1.807, 2.05) is 0 Å². The zero-order valence-corrected chi connectivity index (χ0v) is 39.1. The quantitative estimate of drug-likeness (QED) is 0.0815. The molecule has 4 aromatic rings. The Kier molecular flexibility index (Phi) is 12.7. The van der Waals surface area contributed by atoms with E-state index in [1.165, 1.54) is 60.9 Å². The molecule has 334 valence electrons. The molecule has 2 N–H and O–H groups in total. The number of rotatable bonds is 12. The van der Waals surface area contributed by atoms with Crippen LogP contribution in [0.5, 0.6) is 0 Å². The Balaban J connectivity index is 1.21. The van der Waals surface area contributed by atoms with Crippen molar-refractivity contribution in [2.45, 2.75) is 83.5 Å². The van der Waals surface area contributed by atoms with Gasteiger partial charge in [-0.05, 0) is 109 Å². The van der Waals surface area contributed by atoms with E-state index in [2.05, 4.69) is 151 Å². The molecule has 2 fully saturated rings. The second-order valence-corrected chi connectivity index (χ2v) is 22.0. The number of hydrogen-bond acceptors (Lipinski definition) is 7. The summed E-state index contributed by atoms with van der Waals surface area (Å²) in [4.78, 5) is 7.13. The zero-order chi connectivity index (χ0) is 44.7. The molecule has 1 aliphatic carbocycles. The Morgan fingerprint density at radius 3 is 1.46 bits per heavy atom. The average Bonchev–Trinajstić information content (AvgIpc) is 3.60. The summed E-state index contributed by atoms with van der Waals surface area (Å²) in [5.74, 6) is -0.504. The van der Waals surface area contributed by atoms with Crippen molar-refractivity contribution in [2.75, 3.05) is 67.6 Å². The van der Waals surface area contributed by atoms with E-state index in [4.69, 9.17) is 0 Å². The van der Waals surface area contributed by atoms with E-state index in [0.29, 0.717) is 38.8 Å². The first-order valence-corrected chi connectivity index (χ1v) is 25.8. The van der Waals surface area contributed by atoms with Crippen LogP contribution in [0.4, 0.5) is 11.4 Å². The predicted octanol–water partition coefficient (Wildman–Crippen LogP) is 9.43. The first-order chi connectivity index (χ1) is 29.9. The molecule has 3 aliphatic heterocycles. The fourth-order valence-corrected chi connectivity index (χ4v) is 11.8. The number of hydrogen-bond donors (Lipinski definition) is 2. The summed E-state index contributed by atoms with van der Waals surface area (Å²) in [5.41, 5.74) is 10.4. The molecule has 1 saturated carbocycles. The summed E-state index contributed by atoms with van der Waals surface area (Å²) in [7, 11) is -5.90. The molecule has 0 bridgehead atoms. The molecule has 0 aromatic heterocycles. The maximum absolute atomic E-state index is 11.7. The number of allylic oxidation sites excluding steroid dienone is 8. The Labute approximate surface area is 374 Å². The first kappa shape index (κ1) is 45.0. The van der Waals surface area contributed by atoms with Gasteiger partial charge >= 0.3 is 0 Å². The average molecular weight is 892 g/mol. The minimum absolute atomic E-state index is 0.252. The summed E-state index contributed by atoms with van der Waals surface area (Å²) in [5, 5.41) is 4.82. The van der Waals surface area contributed by atoms with Crippen LogP contribution in [0.2, 0.25) is 0 Å². The lowest BCUT2D eigenvalue weighted by atomic mass is 9.80. The van der Waals surface area contributed by atoms with E-state index in [-0.39, 0.29) is 22.3 Å². The van der Waals surface area contributed by atoms with Crippen molar-refractivity contribution in [1.82, 2.24) is 4.90 Å². The number of benzene rings is 4. The Bertz CT molecular complexity index is 2630. The SMILES string of the molecule is CN1CC[N+](=C2C(=CC=C3N(CCCCS(=O)(=O)O)c4ccc5ccccc5c4C3(C)C)CCCC2=CC=C2N(CCCCS(=O)(=O)O)c3ccc4ccccc4c3C2(C)C)CC1. The van der Waals surface area contributed by atoms with Gasteiger partial charge in [0.25, 0.3) is 20.2 Å². The standard InChI is InChI=1S/C51H62N4O6S2/c1-50(2)45(54(29-10-12-35-62(56,57)58)43-25-21-37-15-6-8-19-41(37)47(43)50)27-23-39-17-14-18-40(49(39)53-33-31-52(5)32-34-53)24-28-46-51(3,4)48-42-20-9-7-16-38(42)22-26-44(48)55(46)30-11-13-36-63(59,60)61/h6-9,15-16,19-28H,10-14,17-18,29-36H2,1-5H3,(H-,56,57,58,59,60,61)/p+1. The van der Waals surface area contributed by atoms with Gasteiger partial charge in [-0.3, -0.25) is 14.0 Å². The van der Waals surface area contributed by atoms with Gasteiger partial charge in [0.2, 0.25) is 5.71 Å². The largest absolute Gasteiger partial charge is 0.344 e. The van der Waals surface area contributed by atoms with Crippen LogP contribution < -0.4 is 9.80 Å². The van der Waals surface area contributed by atoms with Crippen LogP contribution >= 0.6 is 0 Å². The van der Waals surface area contributed by atoms with Crippen molar-refractivity contribution >= 4 is 58.9 Å². The van der Waals surface area contributed by atoms with Gasteiger partial charge in [-0.15, -0.1) is 0 Å². The highest BCUT2D eigenvalue weighted by Gasteiger charge is 2.43. The van der Waals surface area contributed by atoms with Crippen molar-refractivity contribution in [1.29, 1.82) is 0 Å². The van der Waals surface area contributed by atoms with E-state index in [0.717, 1.165) is 56.8 Å². The third-order valence-electron chi connectivity index (χ3n) is 13.8. The van der Waals surface area contributed by atoms with Gasteiger partial charge in [0.05, 0.1) is 24.6 Å². The van der Waals surface area contributed by atoms with Crippen molar-refractivity contribution in [3.63, 3.8) is 0 Å². The maximum Gasteiger partial charge on any atom is 0.264 e. The number of nitrogens with zero attached hydrogens (tertiary/aromatic N) is 4. The third-order valence-corrected chi connectivity index (χ3v) is 15.4. The van der Waals surface area contributed by atoms with E-state index in [1.54, 1.807) is 0 Å². The maximum atomic E-state index is 11.7. The van der Waals surface area contributed by atoms with Crippen molar-refractivity contribution in [3.8, 4) is 0 Å². The number of unbranched alkanes of at least 4 members (excludes halogenated alkanes) is 2. The summed E-state index contributed by atoms with van der Waals surface area (Å²) < 4.78 is 68.2. The molecule has 0 unspecified atom stereocenters. The fourth-order valence-electron chi connectivity index (χ4n) is 10.7. The van der Waals surface area contributed by atoms with E-state index < -0.39 is 20.2 Å². The molecule has 10 nitrogen and oxygen atoms in total. The predicted molar refractivity (Wildman–Crippen MR) is 259 cm³/mol. The summed E-state index contributed by atoms with van der Waals surface area (Å²) >= 11 is 0. The van der Waals surface area contributed by atoms with Crippen LogP contribution in [-0.2, 0) is 31.1 Å². The van der Waals surface area contributed by atoms with Gasteiger partial charge in [-0.25, -0.2) is 4.58 Å². The third kappa shape index (κ3) is 9.34. The number of likely N-dealkylation sites (N-methyl/N-ethyl adjacent to an activating group) is 1. The van der Waals surface area contributed by atoms with Gasteiger partial charge in [0, 0.05) is 57.8 Å². The van der Waals surface area contributed by atoms with Gasteiger partial charge < -0.3 is 9.80 Å². The second kappa shape index (κ2) is 17.8. The van der Waals surface area contributed by atoms with Crippen LogP contribution in [-0.4, -0.2) is 99.0 Å². The van der Waals surface area contributed by atoms with Crippen LogP contribution in [0.3, 0.4) is 0 Å². The molecule has 12 heteroatoms. The summed E-state index contributed by atoms with van der Waals surface area (Å²) in [6.45, 7) is 14.3. The van der Waals surface area contributed by atoms with Crippen molar-refractivity contribution in [2.24, 2.45) is 0 Å². The lowest BCUT2D eigenvalue weighted by Crippen LogP contribution is -2.43. The first-order valence-electron chi connectivity index (χ1n) is 22.6. The normalized spacial score (nSPS) is 21.8. The molecule has 0 spiro atoms. The van der Waals surface area contributed by atoms with Gasteiger partial charge in [-0.1, -0.05) is 101 Å². The lowest BCUT2D eigenvalue weighted by Gasteiger charge is -2.28. The topological polar surface area (TPSA) is 121 Å². The fraction of sp³-hybridized carbons (Fsp3) is 0.431. The molecule has 0 atom stereocenters. The smallest absolute Gasteiger partial charge is 0.264 e. The molecular weight excluding hydrogens is 829 g/mol. The minimum Gasteiger partial charge on any atom is -0.344 e. The van der Waals surface area contributed by atoms with Gasteiger partial charge in [0.1, 0.15) is 0 Å². The monoisotopic (exact) mass is 891 g/mol. The minimum atomic E-state index is -4.04. The molecular formula is C51H63N4O6S2+. The second-order valence-electron chi connectivity index (χ2n) is 18.9. The van der Waals surface area contributed by atoms with E-state index >= 15 is 0 Å². The van der Waals surface area contributed by atoms with E-state index in [9.17, 15) is 25.9 Å². The number of fused-ring (bicyclic) bond motifs is 6. The Hall–Kier alpha value is -4.59. The molecule has 1 saturated heterocycles. The molecule has 63 heavy (non-hydrogen) atoms. The van der Waals surface area contributed by atoms with Crippen LogP contribution in [0, 0.1) is 0 Å². The van der Waals surface area contributed by atoms with Gasteiger partial charge in [0.15, 0.2) is 13.1 Å². The highest BCUT2D eigenvalue weighted by atomic mass is 32.2. The number of anilines is 2. The molecule has 0 amide bonds. The Morgan fingerprint density at radius 1 is 0.603 bits per heavy atom. The molecule has 0 radical (unpaired) electrons. The van der Waals surface area contributed by atoms with Gasteiger partial charge in [-0.2, -0.15) is 16.8 Å². The molecule has 4 aliphatic rings. The zero-order valence-electron chi connectivity index (χ0n) is 37.5. The summed E-state index contributed by atoms with van der Waals surface area (Å²) in [6.07, 6.45) is 14.2.